The summed E-state index contributed by atoms with van der Waals surface area (Å²) < 4.78 is 11.0. The topological polar surface area (TPSA) is 44.5 Å². The van der Waals surface area contributed by atoms with Gasteiger partial charge in [-0.25, -0.2) is 0 Å². The first-order valence-electron chi connectivity index (χ1n) is 5.31. The van der Waals surface area contributed by atoms with Gasteiger partial charge in [-0.3, -0.25) is 0 Å². The predicted molar refractivity (Wildman–Crippen MR) is 66.1 cm³/mol. The summed E-state index contributed by atoms with van der Waals surface area (Å²) in [6.07, 6.45) is 1.64. The summed E-state index contributed by atoms with van der Waals surface area (Å²) in [4.78, 5) is 1.01. The zero-order valence-electron chi connectivity index (χ0n) is 9.24. The van der Waals surface area contributed by atoms with Gasteiger partial charge in [-0.15, -0.1) is 11.3 Å². The summed E-state index contributed by atoms with van der Waals surface area (Å²) in [6, 6.07) is 1.71. The number of ether oxygens (including phenoxy) is 2. The van der Waals surface area contributed by atoms with E-state index < -0.39 is 0 Å². The molecular formula is C11H16ClNO2S. The number of methoxy groups -OCH3 is 1. The van der Waals surface area contributed by atoms with E-state index in [2.05, 4.69) is 0 Å². The van der Waals surface area contributed by atoms with Crippen molar-refractivity contribution in [2.24, 2.45) is 5.73 Å². The molecule has 16 heavy (non-hydrogen) atoms. The summed E-state index contributed by atoms with van der Waals surface area (Å²) in [7, 11) is 1.71. The number of hydrogen-bond donors (Lipinski definition) is 1. The summed E-state index contributed by atoms with van der Waals surface area (Å²) in [5.41, 5.74) is 5.98. The van der Waals surface area contributed by atoms with E-state index in [1.54, 1.807) is 18.4 Å². The van der Waals surface area contributed by atoms with Gasteiger partial charge in [-0.2, -0.15) is 0 Å². The summed E-state index contributed by atoms with van der Waals surface area (Å²) in [6.45, 7) is 1.40. The molecule has 1 aliphatic heterocycles. The van der Waals surface area contributed by atoms with Gasteiger partial charge in [0.25, 0.3) is 0 Å². The van der Waals surface area contributed by atoms with Crippen molar-refractivity contribution in [1.82, 2.24) is 0 Å². The minimum Gasteiger partial charge on any atom is -0.381 e. The van der Waals surface area contributed by atoms with E-state index in [0.717, 1.165) is 22.7 Å². The van der Waals surface area contributed by atoms with Gasteiger partial charge in [0.15, 0.2) is 0 Å². The molecule has 0 saturated carbocycles. The third-order valence-electron chi connectivity index (χ3n) is 3.24. The zero-order valence-corrected chi connectivity index (χ0v) is 10.8. The molecule has 0 spiro atoms. The number of hydrogen-bond acceptors (Lipinski definition) is 4. The molecule has 1 unspecified atom stereocenters. The largest absolute Gasteiger partial charge is 0.381 e. The van der Waals surface area contributed by atoms with Crippen molar-refractivity contribution in [2.75, 3.05) is 20.3 Å². The van der Waals surface area contributed by atoms with Crippen LogP contribution in [0.1, 0.15) is 23.8 Å². The summed E-state index contributed by atoms with van der Waals surface area (Å²) >= 11 is 7.70. The average Bonchev–Trinajstić information content (AvgIpc) is 2.75. The molecule has 5 heteroatoms. The number of thiophene rings is 1. The van der Waals surface area contributed by atoms with Crippen LogP contribution in [-0.4, -0.2) is 25.9 Å². The highest BCUT2D eigenvalue weighted by Gasteiger charge is 2.40. The lowest BCUT2D eigenvalue weighted by Gasteiger charge is -2.40. The second kappa shape index (κ2) is 5.02. The van der Waals surface area contributed by atoms with Crippen LogP contribution in [0.4, 0.5) is 0 Å². The molecule has 0 bridgehead atoms. The summed E-state index contributed by atoms with van der Waals surface area (Å²) in [5, 5.41) is 2.70. The molecule has 1 aliphatic rings. The van der Waals surface area contributed by atoms with Crippen LogP contribution >= 0.6 is 22.9 Å². The van der Waals surface area contributed by atoms with Gasteiger partial charge in [0.2, 0.25) is 0 Å². The van der Waals surface area contributed by atoms with Crippen LogP contribution in [0.15, 0.2) is 11.4 Å². The van der Waals surface area contributed by atoms with Gasteiger partial charge < -0.3 is 15.2 Å². The molecule has 90 valence electrons. The maximum Gasteiger partial charge on any atom is 0.0922 e. The lowest BCUT2D eigenvalue weighted by atomic mass is 9.85. The molecule has 1 saturated heterocycles. The average molecular weight is 262 g/mol. The fourth-order valence-electron chi connectivity index (χ4n) is 2.13. The quantitative estimate of drug-likeness (QED) is 0.910. The number of halogens is 1. The van der Waals surface area contributed by atoms with Gasteiger partial charge in [0.1, 0.15) is 0 Å². The first kappa shape index (κ1) is 12.3. The Bertz CT molecular complexity index is 350. The lowest BCUT2D eigenvalue weighted by molar-refractivity contribution is -0.104. The third kappa shape index (κ3) is 2.13. The first-order valence-corrected chi connectivity index (χ1v) is 6.57. The van der Waals surface area contributed by atoms with Crippen molar-refractivity contribution in [1.29, 1.82) is 0 Å². The number of nitrogens with two attached hydrogens (primary N) is 1. The molecule has 2 N–H and O–H groups in total. The van der Waals surface area contributed by atoms with Gasteiger partial charge in [0.05, 0.1) is 16.7 Å². The van der Waals surface area contributed by atoms with E-state index in [4.69, 9.17) is 26.8 Å². The smallest absolute Gasteiger partial charge is 0.0922 e. The van der Waals surface area contributed by atoms with E-state index in [1.165, 1.54) is 0 Å². The van der Waals surface area contributed by atoms with Crippen molar-refractivity contribution in [2.45, 2.75) is 24.5 Å². The van der Waals surface area contributed by atoms with Crippen LogP contribution in [0, 0.1) is 0 Å². The number of rotatable bonds is 3. The van der Waals surface area contributed by atoms with Crippen LogP contribution in [-0.2, 0) is 9.47 Å². The zero-order chi connectivity index (χ0) is 11.6. The highest BCUT2D eigenvalue weighted by molar-refractivity contribution is 7.10. The molecule has 0 radical (unpaired) electrons. The highest BCUT2D eigenvalue weighted by Crippen LogP contribution is 2.40. The van der Waals surface area contributed by atoms with Gasteiger partial charge in [0, 0.05) is 38.0 Å². The second-order valence-corrected chi connectivity index (χ2v) is 5.35. The molecule has 0 amide bonds. The molecule has 0 aliphatic carbocycles. The Morgan fingerprint density at radius 3 is 2.75 bits per heavy atom. The first-order chi connectivity index (χ1) is 7.69. The Hall–Kier alpha value is -0.130. The van der Waals surface area contributed by atoms with Gasteiger partial charge >= 0.3 is 0 Å². The van der Waals surface area contributed by atoms with Crippen molar-refractivity contribution in [3.05, 3.63) is 21.3 Å². The Morgan fingerprint density at radius 2 is 2.25 bits per heavy atom. The maximum absolute atomic E-state index is 6.31. The van der Waals surface area contributed by atoms with Crippen LogP contribution in [0.2, 0.25) is 5.02 Å². The highest BCUT2D eigenvalue weighted by atomic mass is 35.5. The third-order valence-corrected chi connectivity index (χ3v) is 4.68. The predicted octanol–water partition coefficient (Wildman–Crippen LogP) is 2.60. The minimum atomic E-state index is -0.327. The van der Waals surface area contributed by atoms with Crippen molar-refractivity contribution in [3.8, 4) is 0 Å². The molecule has 2 heterocycles. The Morgan fingerprint density at radius 1 is 1.56 bits per heavy atom. The van der Waals surface area contributed by atoms with Crippen molar-refractivity contribution < 1.29 is 9.47 Å². The van der Waals surface area contributed by atoms with E-state index in [-0.39, 0.29) is 11.6 Å². The standard InChI is InChI=1S/C11H16ClNO2S/c1-14-11(3-5-15-6-4-11)10(13)9-8(12)2-7-16-9/h2,7,10H,3-6,13H2,1H3. The summed E-state index contributed by atoms with van der Waals surface area (Å²) in [5.74, 6) is 0. The molecule has 1 aromatic rings. The van der Waals surface area contributed by atoms with E-state index >= 15 is 0 Å². The van der Waals surface area contributed by atoms with Crippen molar-refractivity contribution in [3.63, 3.8) is 0 Å². The Kier molecular flexibility index (Phi) is 3.87. The fraction of sp³-hybridized carbons (Fsp3) is 0.636. The molecule has 2 rings (SSSR count). The molecule has 1 aromatic heterocycles. The molecule has 1 fully saturated rings. The van der Waals surface area contributed by atoms with Crippen molar-refractivity contribution >= 4 is 22.9 Å². The van der Waals surface area contributed by atoms with Crippen LogP contribution < -0.4 is 5.73 Å². The molecule has 0 aromatic carbocycles. The lowest BCUT2D eigenvalue weighted by Crippen LogP contribution is -2.47. The molecular weight excluding hydrogens is 246 g/mol. The SMILES string of the molecule is COC1(C(N)c2sccc2Cl)CCOCC1. The maximum atomic E-state index is 6.31. The van der Waals surface area contributed by atoms with Crippen LogP contribution in [0.3, 0.4) is 0 Å². The van der Waals surface area contributed by atoms with E-state index in [0.29, 0.717) is 13.2 Å². The fourth-order valence-corrected chi connectivity index (χ4v) is 3.41. The Balaban J connectivity index is 2.24. The van der Waals surface area contributed by atoms with Crippen LogP contribution in [0.5, 0.6) is 0 Å². The normalized spacial score (nSPS) is 21.9. The van der Waals surface area contributed by atoms with Gasteiger partial charge in [-0.1, -0.05) is 11.6 Å². The second-order valence-electron chi connectivity index (χ2n) is 3.99. The monoisotopic (exact) mass is 261 g/mol. The molecule has 1 atom stereocenters. The van der Waals surface area contributed by atoms with Gasteiger partial charge in [-0.05, 0) is 11.4 Å². The minimum absolute atomic E-state index is 0.172. The van der Waals surface area contributed by atoms with E-state index in [1.807, 2.05) is 11.4 Å². The Labute approximate surface area is 104 Å². The molecule has 3 nitrogen and oxygen atoms in total. The van der Waals surface area contributed by atoms with Crippen LogP contribution in [0.25, 0.3) is 0 Å². The van der Waals surface area contributed by atoms with E-state index in [9.17, 15) is 0 Å².